The summed E-state index contributed by atoms with van der Waals surface area (Å²) in [5, 5.41) is 19.4. The van der Waals surface area contributed by atoms with Gasteiger partial charge in [0.1, 0.15) is 0 Å². The van der Waals surface area contributed by atoms with Crippen LogP contribution in [0.5, 0.6) is 0 Å². The quantitative estimate of drug-likeness (QED) is 0.102. The van der Waals surface area contributed by atoms with Gasteiger partial charge in [0.05, 0.1) is 45.6 Å². The average molecular weight is 883 g/mol. The van der Waals surface area contributed by atoms with Crippen LogP contribution in [0.1, 0.15) is 48.0 Å². The summed E-state index contributed by atoms with van der Waals surface area (Å²) >= 11 is 6.61. The van der Waals surface area contributed by atoms with Crippen LogP contribution in [0.15, 0.2) is 114 Å². The van der Waals surface area contributed by atoms with E-state index in [4.69, 9.17) is 16.6 Å². The molecule has 6 aromatic rings. The monoisotopic (exact) mass is 882 g/mol. The number of hydrogen-bond acceptors (Lipinski definition) is 9. The third-order valence-electron chi connectivity index (χ3n) is 12.6. The first-order valence-electron chi connectivity index (χ1n) is 22.2. The highest BCUT2D eigenvalue weighted by molar-refractivity contribution is 6.35. The van der Waals surface area contributed by atoms with Crippen molar-refractivity contribution in [2.75, 3.05) is 64.7 Å². The van der Waals surface area contributed by atoms with Crippen LogP contribution in [-0.4, -0.2) is 117 Å². The van der Waals surface area contributed by atoms with Crippen LogP contribution in [0, 0.1) is 5.92 Å². The number of halogens is 1. The largest absolute Gasteiger partial charge is 0.388 e. The summed E-state index contributed by atoms with van der Waals surface area (Å²) in [6.07, 6.45) is 4.13. The van der Waals surface area contributed by atoms with E-state index in [2.05, 4.69) is 32.5 Å². The van der Waals surface area contributed by atoms with Gasteiger partial charge in [-0.2, -0.15) is 0 Å². The molecule has 2 fully saturated rings. The molecule has 0 bridgehead atoms. The number of nitrogens with one attached hydrogen (secondary N) is 2. The number of pyridine rings is 1. The second-order valence-electron chi connectivity index (χ2n) is 17.3. The van der Waals surface area contributed by atoms with Gasteiger partial charge in [-0.15, -0.1) is 0 Å². The molecule has 14 heteroatoms. The van der Waals surface area contributed by atoms with E-state index in [0.717, 1.165) is 48.4 Å². The molecule has 3 N–H and O–H groups in total. The predicted molar refractivity (Wildman–Crippen MR) is 251 cm³/mol. The molecule has 2 aliphatic rings. The zero-order valence-electron chi connectivity index (χ0n) is 36.2. The Morgan fingerprint density at radius 3 is 2.31 bits per heavy atom. The third-order valence-corrected chi connectivity index (χ3v) is 12.9. The lowest BCUT2D eigenvalue weighted by Gasteiger charge is -2.39. The number of piperidine rings is 1. The normalized spacial score (nSPS) is 16.1. The van der Waals surface area contributed by atoms with Crippen molar-refractivity contribution in [1.29, 1.82) is 0 Å². The van der Waals surface area contributed by atoms with Crippen LogP contribution in [0.4, 0.5) is 5.69 Å². The number of aliphatic hydroxyl groups is 1. The summed E-state index contributed by atoms with van der Waals surface area (Å²) in [5.74, 6) is -0.634. The van der Waals surface area contributed by atoms with E-state index in [1.54, 1.807) is 30.3 Å². The van der Waals surface area contributed by atoms with Gasteiger partial charge in [0.2, 0.25) is 11.8 Å². The molecule has 2 aromatic heterocycles. The molecule has 3 amide bonds. The molecule has 4 aromatic carbocycles. The fourth-order valence-electron chi connectivity index (χ4n) is 8.73. The Morgan fingerprint density at radius 2 is 1.56 bits per heavy atom. The van der Waals surface area contributed by atoms with Gasteiger partial charge < -0.3 is 30.4 Å². The minimum absolute atomic E-state index is 0.00990. The minimum atomic E-state index is -1.21. The number of benzene rings is 4. The van der Waals surface area contributed by atoms with Gasteiger partial charge in [0.25, 0.3) is 11.5 Å². The van der Waals surface area contributed by atoms with Crippen molar-refractivity contribution in [3.63, 3.8) is 0 Å². The maximum Gasteiger partial charge on any atom is 0.261 e. The minimum Gasteiger partial charge on any atom is -0.388 e. The predicted octanol–water partition coefficient (Wildman–Crippen LogP) is 6.26. The molecular formula is C50H55ClN8O5. The van der Waals surface area contributed by atoms with E-state index < -0.39 is 5.60 Å². The van der Waals surface area contributed by atoms with Crippen molar-refractivity contribution in [3.8, 4) is 11.3 Å². The highest BCUT2D eigenvalue weighted by Gasteiger charge is 2.36. The number of amides is 3. The Bertz CT molecular complexity index is 2660. The van der Waals surface area contributed by atoms with Crippen LogP contribution in [0.2, 0.25) is 5.02 Å². The number of nitrogens with zero attached hydrogens (tertiary/aromatic N) is 6. The number of likely N-dealkylation sites (tertiary alicyclic amines) is 1. The van der Waals surface area contributed by atoms with Crippen molar-refractivity contribution >= 4 is 56.8 Å². The fraction of sp³-hybridized carbons (Fsp3) is 0.360. The molecule has 2 aliphatic heterocycles. The Balaban J connectivity index is 0.849. The first-order chi connectivity index (χ1) is 31.0. The van der Waals surface area contributed by atoms with Gasteiger partial charge in [0.15, 0.2) is 0 Å². The van der Waals surface area contributed by atoms with E-state index in [1.807, 2.05) is 77.7 Å². The smallest absolute Gasteiger partial charge is 0.261 e. The van der Waals surface area contributed by atoms with E-state index in [-0.39, 0.29) is 35.7 Å². The molecule has 332 valence electrons. The number of piperazine rings is 1. The summed E-state index contributed by atoms with van der Waals surface area (Å²) in [7, 11) is 2.10. The van der Waals surface area contributed by atoms with Crippen LogP contribution in [0.3, 0.4) is 0 Å². The third kappa shape index (κ3) is 11.0. The Labute approximate surface area is 378 Å². The molecule has 0 radical (unpaired) electrons. The van der Waals surface area contributed by atoms with Gasteiger partial charge in [-0.25, -0.2) is 9.97 Å². The summed E-state index contributed by atoms with van der Waals surface area (Å²) in [5.41, 5.74) is 3.37. The zero-order valence-corrected chi connectivity index (χ0v) is 37.0. The number of likely N-dealkylation sites (N-methyl/N-ethyl adjacent to an activating group) is 1. The van der Waals surface area contributed by atoms with Gasteiger partial charge in [0, 0.05) is 86.9 Å². The number of aromatic nitrogens is 3. The Hall–Kier alpha value is -5.99. The second-order valence-corrected chi connectivity index (χ2v) is 17.7. The van der Waals surface area contributed by atoms with Crippen LogP contribution >= 0.6 is 11.6 Å². The highest BCUT2D eigenvalue weighted by Crippen LogP contribution is 2.30. The number of carbonyl (C=O) groups is 3. The lowest BCUT2D eigenvalue weighted by molar-refractivity contribution is -0.140. The van der Waals surface area contributed by atoms with Gasteiger partial charge in [-0.1, -0.05) is 78.3 Å². The lowest BCUT2D eigenvalue weighted by Crippen LogP contribution is -2.51. The summed E-state index contributed by atoms with van der Waals surface area (Å²) in [4.78, 5) is 69.5. The standard InChI is InChI=1S/C50H55ClN8O5/c1-56-25-27-57(28-26-56)22-18-46(60)54-39-15-17-41-44(31-39)53-34-59(49(41)63)33-50(64)19-23-58(24-20-50)48(62)38(29-35-9-4-2-5-10-35)13-8-21-52-47(61)37-14-16-40-42(51)32-43(55-45(40)30-37)36-11-6-3-7-12-36/h2-7,9-12,14-17,30-32,34,38,64H,8,13,18-29,33H2,1H3,(H,52,61)(H,54,60). The number of fused-ring (bicyclic) bond motifs is 2. The maximum atomic E-state index is 14.2. The van der Waals surface area contributed by atoms with Crippen molar-refractivity contribution in [3.05, 3.63) is 136 Å². The Morgan fingerprint density at radius 1 is 0.844 bits per heavy atom. The van der Waals surface area contributed by atoms with Crippen LogP contribution in [0.25, 0.3) is 33.1 Å². The zero-order chi connectivity index (χ0) is 44.6. The van der Waals surface area contributed by atoms with Gasteiger partial charge in [-0.05, 0) is 81.1 Å². The SMILES string of the molecule is CN1CCN(CCC(=O)Nc2ccc3c(=O)n(CC4(O)CCN(C(=O)C(CCCNC(=O)c5ccc6c(Cl)cc(-c7ccccc7)nc6c5)Cc5ccccc5)CC4)cnc3c2)CC1. The van der Waals surface area contributed by atoms with Crippen molar-refractivity contribution in [1.82, 2.24) is 34.6 Å². The van der Waals surface area contributed by atoms with Crippen LogP contribution in [-0.2, 0) is 22.6 Å². The second kappa shape index (κ2) is 20.2. The van der Waals surface area contributed by atoms with E-state index in [1.165, 1.54) is 10.9 Å². The van der Waals surface area contributed by atoms with Crippen molar-refractivity contribution in [2.45, 2.75) is 50.7 Å². The molecule has 2 saturated heterocycles. The van der Waals surface area contributed by atoms with E-state index >= 15 is 0 Å². The highest BCUT2D eigenvalue weighted by atomic mass is 35.5. The molecule has 0 spiro atoms. The van der Waals surface area contributed by atoms with Crippen LogP contribution < -0.4 is 16.2 Å². The van der Waals surface area contributed by atoms with E-state index in [9.17, 15) is 24.3 Å². The van der Waals surface area contributed by atoms with Gasteiger partial charge in [-0.3, -0.25) is 23.7 Å². The summed E-state index contributed by atoms with van der Waals surface area (Å²) in [6.45, 7) is 5.69. The first kappa shape index (κ1) is 44.6. The topological polar surface area (TPSA) is 153 Å². The average Bonchev–Trinajstić information content (AvgIpc) is 3.31. The molecule has 0 saturated carbocycles. The van der Waals surface area contributed by atoms with Gasteiger partial charge >= 0.3 is 0 Å². The lowest BCUT2D eigenvalue weighted by atomic mass is 9.88. The molecular weight excluding hydrogens is 828 g/mol. The number of hydrogen-bond donors (Lipinski definition) is 3. The summed E-state index contributed by atoms with van der Waals surface area (Å²) < 4.78 is 1.44. The molecule has 64 heavy (non-hydrogen) atoms. The molecule has 1 atom stereocenters. The Kier molecular flexibility index (Phi) is 14.1. The number of anilines is 1. The molecule has 13 nitrogen and oxygen atoms in total. The molecule has 0 aliphatic carbocycles. The van der Waals surface area contributed by atoms with Crippen molar-refractivity contribution < 1.29 is 19.5 Å². The fourth-order valence-corrected chi connectivity index (χ4v) is 8.99. The molecule has 4 heterocycles. The van der Waals surface area contributed by atoms with Crippen molar-refractivity contribution in [2.24, 2.45) is 5.92 Å². The number of carbonyl (C=O) groups excluding carboxylic acids is 3. The van der Waals surface area contributed by atoms with E-state index in [0.29, 0.717) is 97.4 Å². The number of rotatable bonds is 15. The maximum absolute atomic E-state index is 14.2. The molecule has 1 unspecified atom stereocenters. The molecule has 8 rings (SSSR count). The summed E-state index contributed by atoms with van der Waals surface area (Å²) in [6, 6.07) is 31.9. The first-order valence-corrected chi connectivity index (χ1v) is 22.6.